The highest BCUT2D eigenvalue weighted by Crippen LogP contribution is 2.31. The van der Waals surface area contributed by atoms with Crippen LogP contribution in [0.5, 0.6) is 0 Å². The zero-order valence-corrected chi connectivity index (χ0v) is 10.8. The van der Waals surface area contributed by atoms with Crippen LogP contribution in [0.4, 0.5) is 11.4 Å². The van der Waals surface area contributed by atoms with Crippen LogP contribution in [0.3, 0.4) is 0 Å². The van der Waals surface area contributed by atoms with Gasteiger partial charge in [0, 0.05) is 26.7 Å². The van der Waals surface area contributed by atoms with Crippen LogP contribution in [0.25, 0.3) is 0 Å². The lowest BCUT2D eigenvalue weighted by Gasteiger charge is -2.38. The highest BCUT2D eigenvalue weighted by Gasteiger charge is 2.24. The van der Waals surface area contributed by atoms with Gasteiger partial charge in [-0.3, -0.25) is 4.79 Å². The van der Waals surface area contributed by atoms with Crippen LogP contribution in [0.15, 0.2) is 24.3 Å². The molecule has 1 atom stereocenters. The Morgan fingerprint density at radius 3 is 2.67 bits per heavy atom. The molecule has 1 aromatic rings. The number of benzene rings is 1. The number of rotatable bonds is 4. The molecule has 0 saturated carbocycles. The first-order valence-corrected chi connectivity index (χ1v) is 6.08. The smallest absolute Gasteiger partial charge is 0.322 e. The molecule has 0 bridgehead atoms. The maximum absolute atomic E-state index is 11.1. The van der Waals surface area contributed by atoms with E-state index in [1.165, 1.54) is 0 Å². The van der Waals surface area contributed by atoms with Gasteiger partial charge in [-0.2, -0.15) is 0 Å². The van der Waals surface area contributed by atoms with E-state index in [1.807, 2.05) is 18.2 Å². The van der Waals surface area contributed by atoms with Gasteiger partial charge in [-0.15, -0.1) is 0 Å². The van der Waals surface area contributed by atoms with Gasteiger partial charge in [-0.05, 0) is 19.2 Å². The number of likely N-dealkylation sites (N-methyl/N-ethyl adjacent to an activating group) is 2. The normalized spacial score (nSPS) is 16.3. The number of hydrogen-bond donors (Lipinski definition) is 2. The van der Waals surface area contributed by atoms with Crippen LogP contribution in [0.1, 0.15) is 0 Å². The topological polar surface area (TPSA) is 55.8 Å². The van der Waals surface area contributed by atoms with Crippen LogP contribution in [-0.4, -0.2) is 50.8 Å². The van der Waals surface area contributed by atoms with Crippen molar-refractivity contribution >= 4 is 17.3 Å². The van der Waals surface area contributed by atoms with Gasteiger partial charge in [-0.25, -0.2) is 0 Å². The third-order valence-corrected chi connectivity index (χ3v) is 3.39. The lowest BCUT2D eigenvalue weighted by atomic mass is 10.1. The van der Waals surface area contributed by atoms with Gasteiger partial charge in [0.25, 0.3) is 0 Å². The third kappa shape index (κ3) is 2.41. The first kappa shape index (κ1) is 12.7. The second kappa shape index (κ2) is 5.27. The predicted molar refractivity (Wildman–Crippen MR) is 72.4 cm³/mol. The standard InChI is InChI=1S/C13H19N3O2/c1-14-10(13(17)18)9-16-8-7-15(2)11-5-3-4-6-12(11)16/h3-6,10,14H,7-9H2,1-2H3,(H,17,18). The minimum Gasteiger partial charge on any atom is -0.480 e. The molecule has 0 aromatic heterocycles. The zero-order valence-electron chi connectivity index (χ0n) is 10.8. The Hall–Kier alpha value is -1.75. The fraction of sp³-hybridized carbons (Fsp3) is 0.462. The first-order valence-electron chi connectivity index (χ1n) is 6.08. The molecule has 0 saturated heterocycles. The van der Waals surface area contributed by atoms with Crippen molar-refractivity contribution in [1.29, 1.82) is 0 Å². The fourth-order valence-corrected chi connectivity index (χ4v) is 2.27. The molecule has 0 aliphatic carbocycles. The summed E-state index contributed by atoms with van der Waals surface area (Å²) in [6.45, 7) is 2.24. The molecule has 1 unspecified atom stereocenters. The van der Waals surface area contributed by atoms with Gasteiger partial charge in [0.2, 0.25) is 0 Å². The number of nitrogens with one attached hydrogen (secondary N) is 1. The van der Waals surface area contributed by atoms with Crippen molar-refractivity contribution in [1.82, 2.24) is 5.32 Å². The van der Waals surface area contributed by atoms with Gasteiger partial charge in [0.1, 0.15) is 6.04 Å². The number of hydrogen-bond acceptors (Lipinski definition) is 4. The number of para-hydroxylation sites is 2. The molecule has 1 aromatic carbocycles. The van der Waals surface area contributed by atoms with Gasteiger partial charge in [0.15, 0.2) is 0 Å². The lowest BCUT2D eigenvalue weighted by Crippen LogP contribution is -2.48. The summed E-state index contributed by atoms with van der Waals surface area (Å²) >= 11 is 0. The average Bonchev–Trinajstić information content (AvgIpc) is 2.38. The maximum Gasteiger partial charge on any atom is 0.322 e. The molecule has 2 rings (SSSR count). The summed E-state index contributed by atoms with van der Waals surface area (Å²) in [6, 6.07) is 7.56. The second-order valence-corrected chi connectivity index (χ2v) is 4.54. The molecule has 5 heteroatoms. The second-order valence-electron chi connectivity index (χ2n) is 4.54. The highest BCUT2D eigenvalue weighted by atomic mass is 16.4. The van der Waals surface area contributed by atoms with Gasteiger partial charge >= 0.3 is 5.97 Å². The van der Waals surface area contributed by atoms with Crippen LogP contribution in [0.2, 0.25) is 0 Å². The van der Waals surface area contributed by atoms with Crippen LogP contribution < -0.4 is 15.1 Å². The zero-order chi connectivity index (χ0) is 13.1. The molecule has 1 aliphatic rings. The van der Waals surface area contributed by atoms with E-state index in [4.69, 9.17) is 5.11 Å². The Morgan fingerprint density at radius 2 is 2.06 bits per heavy atom. The number of fused-ring (bicyclic) bond motifs is 1. The van der Waals surface area contributed by atoms with Crippen molar-refractivity contribution in [2.45, 2.75) is 6.04 Å². The Bertz CT molecular complexity index is 436. The lowest BCUT2D eigenvalue weighted by molar-refractivity contribution is -0.139. The minimum atomic E-state index is -0.811. The molecule has 0 fully saturated rings. The highest BCUT2D eigenvalue weighted by molar-refractivity contribution is 5.77. The summed E-state index contributed by atoms with van der Waals surface area (Å²) in [5.74, 6) is -0.811. The summed E-state index contributed by atoms with van der Waals surface area (Å²) in [7, 11) is 3.74. The Balaban J connectivity index is 2.21. The van der Waals surface area contributed by atoms with Gasteiger partial charge in [-0.1, -0.05) is 12.1 Å². The van der Waals surface area contributed by atoms with E-state index in [9.17, 15) is 4.79 Å². The molecule has 5 nitrogen and oxygen atoms in total. The number of carbonyl (C=O) groups is 1. The summed E-state index contributed by atoms with van der Waals surface area (Å²) < 4.78 is 0. The summed E-state index contributed by atoms with van der Waals surface area (Å²) in [6.07, 6.45) is 0. The molecule has 1 heterocycles. The van der Waals surface area contributed by atoms with E-state index in [0.717, 1.165) is 24.5 Å². The Morgan fingerprint density at radius 1 is 1.39 bits per heavy atom. The van der Waals surface area contributed by atoms with Crippen molar-refractivity contribution < 1.29 is 9.90 Å². The van der Waals surface area contributed by atoms with Crippen molar-refractivity contribution in [2.75, 3.05) is 43.5 Å². The number of anilines is 2. The monoisotopic (exact) mass is 249 g/mol. The Kier molecular flexibility index (Phi) is 3.72. The number of carboxylic acid groups (broad SMARTS) is 1. The van der Waals surface area contributed by atoms with E-state index in [2.05, 4.69) is 28.2 Å². The molecule has 0 radical (unpaired) electrons. The molecule has 18 heavy (non-hydrogen) atoms. The van der Waals surface area contributed by atoms with Crippen molar-refractivity contribution in [3.05, 3.63) is 24.3 Å². The van der Waals surface area contributed by atoms with Crippen LogP contribution >= 0.6 is 0 Å². The molecule has 98 valence electrons. The summed E-state index contributed by atoms with van der Waals surface area (Å²) in [5.41, 5.74) is 2.26. The average molecular weight is 249 g/mol. The van der Waals surface area contributed by atoms with Crippen molar-refractivity contribution in [3.63, 3.8) is 0 Å². The quantitative estimate of drug-likeness (QED) is 0.819. The van der Waals surface area contributed by atoms with E-state index < -0.39 is 12.0 Å². The molecule has 0 spiro atoms. The van der Waals surface area contributed by atoms with Gasteiger partial charge < -0.3 is 20.2 Å². The van der Waals surface area contributed by atoms with E-state index in [-0.39, 0.29) is 0 Å². The van der Waals surface area contributed by atoms with Crippen LogP contribution in [0, 0.1) is 0 Å². The van der Waals surface area contributed by atoms with E-state index >= 15 is 0 Å². The van der Waals surface area contributed by atoms with E-state index in [1.54, 1.807) is 7.05 Å². The summed E-state index contributed by atoms with van der Waals surface area (Å²) in [4.78, 5) is 15.4. The van der Waals surface area contributed by atoms with Gasteiger partial charge in [0.05, 0.1) is 11.4 Å². The molecular formula is C13H19N3O2. The third-order valence-electron chi connectivity index (χ3n) is 3.39. The number of nitrogens with zero attached hydrogens (tertiary/aromatic N) is 2. The first-order chi connectivity index (χ1) is 8.63. The fourth-order valence-electron chi connectivity index (χ4n) is 2.27. The van der Waals surface area contributed by atoms with E-state index in [0.29, 0.717) is 6.54 Å². The Labute approximate surface area is 107 Å². The van der Waals surface area contributed by atoms with Crippen molar-refractivity contribution in [3.8, 4) is 0 Å². The SMILES string of the molecule is CNC(CN1CCN(C)c2ccccc21)C(=O)O. The summed E-state index contributed by atoms with van der Waals surface area (Å²) in [5, 5.41) is 11.9. The van der Waals surface area contributed by atoms with Crippen LogP contribution in [-0.2, 0) is 4.79 Å². The minimum absolute atomic E-state index is 0.483. The molecule has 2 N–H and O–H groups in total. The maximum atomic E-state index is 11.1. The molecule has 0 amide bonds. The predicted octanol–water partition coefficient (Wildman–Crippen LogP) is 0.615. The molecular weight excluding hydrogens is 230 g/mol. The molecule has 1 aliphatic heterocycles. The largest absolute Gasteiger partial charge is 0.480 e. The number of aliphatic carboxylic acids is 1. The number of carboxylic acids is 1. The van der Waals surface area contributed by atoms with Crippen molar-refractivity contribution in [2.24, 2.45) is 0 Å².